The Bertz CT molecular complexity index is 361. The lowest BCUT2D eigenvalue weighted by Gasteiger charge is -2.35. The summed E-state index contributed by atoms with van der Waals surface area (Å²) in [6.07, 6.45) is 1.74. The molecule has 1 saturated heterocycles. The van der Waals surface area contributed by atoms with Crippen LogP contribution < -0.4 is 0 Å². The van der Waals surface area contributed by atoms with Crippen LogP contribution in [-0.2, 0) is 6.54 Å². The van der Waals surface area contributed by atoms with Gasteiger partial charge < -0.3 is 5.11 Å². The lowest BCUT2D eigenvalue weighted by atomic mass is 10.2. The third-order valence-corrected chi connectivity index (χ3v) is 3.82. The van der Waals surface area contributed by atoms with Crippen LogP contribution in [0.5, 0.6) is 0 Å². The van der Waals surface area contributed by atoms with Crippen LogP contribution in [0.3, 0.4) is 0 Å². The second kappa shape index (κ2) is 6.79. The molecule has 2 heterocycles. The van der Waals surface area contributed by atoms with Gasteiger partial charge in [0, 0.05) is 45.5 Å². The standard InChI is InChI=1S/C13H20IN3O/c1-11(18)9-16-4-6-17(7-5-16)10-12-2-3-13(14)15-8-12/h2-3,8,11,18H,4-7,9-10H2,1H3/t11-/m1/s1. The van der Waals surface area contributed by atoms with Gasteiger partial charge in [0.15, 0.2) is 0 Å². The number of β-amino-alcohol motifs (C(OH)–C–C–N with tert-alkyl or cyclic N) is 1. The van der Waals surface area contributed by atoms with Gasteiger partial charge in [-0.3, -0.25) is 14.8 Å². The van der Waals surface area contributed by atoms with E-state index in [1.165, 1.54) is 5.56 Å². The van der Waals surface area contributed by atoms with Crippen LogP contribution in [0.25, 0.3) is 0 Å². The molecule has 1 aromatic heterocycles. The summed E-state index contributed by atoms with van der Waals surface area (Å²) in [6, 6.07) is 4.20. The molecule has 0 aliphatic carbocycles. The number of hydrogen-bond acceptors (Lipinski definition) is 4. The smallest absolute Gasteiger partial charge is 0.101 e. The van der Waals surface area contributed by atoms with Crippen molar-refractivity contribution in [3.05, 3.63) is 27.6 Å². The summed E-state index contributed by atoms with van der Waals surface area (Å²) in [5, 5.41) is 9.37. The fourth-order valence-corrected chi connectivity index (χ4v) is 2.58. The van der Waals surface area contributed by atoms with Gasteiger partial charge in [-0.05, 0) is 41.1 Å². The molecule has 100 valence electrons. The highest BCUT2D eigenvalue weighted by Crippen LogP contribution is 2.09. The van der Waals surface area contributed by atoms with Crippen LogP contribution >= 0.6 is 22.6 Å². The van der Waals surface area contributed by atoms with E-state index in [0.29, 0.717) is 0 Å². The first-order chi connectivity index (χ1) is 8.63. The zero-order chi connectivity index (χ0) is 13.0. The summed E-state index contributed by atoms with van der Waals surface area (Å²) < 4.78 is 1.04. The average molecular weight is 361 g/mol. The summed E-state index contributed by atoms with van der Waals surface area (Å²) in [7, 11) is 0. The molecule has 0 saturated carbocycles. The van der Waals surface area contributed by atoms with Crippen molar-refractivity contribution in [2.24, 2.45) is 0 Å². The highest BCUT2D eigenvalue weighted by atomic mass is 127. The Morgan fingerprint density at radius 2 is 1.94 bits per heavy atom. The van der Waals surface area contributed by atoms with Crippen LogP contribution in [0.4, 0.5) is 0 Å². The normalized spacial score (nSPS) is 19.9. The summed E-state index contributed by atoms with van der Waals surface area (Å²) in [6.45, 7) is 7.85. The number of aliphatic hydroxyl groups is 1. The minimum atomic E-state index is -0.225. The van der Waals surface area contributed by atoms with Crippen molar-refractivity contribution in [3.63, 3.8) is 0 Å². The molecule has 0 radical (unpaired) electrons. The topological polar surface area (TPSA) is 39.6 Å². The van der Waals surface area contributed by atoms with E-state index < -0.39 is 0 Å². The maximum absolute atomic E-state index is 9.37. The highest BCUT2D eigenvalue weighted by molar-refractivity contribution is 14.1. The number of aromatic nitrogens is 1. The molecule has 0 unspecified atom stereocenters. The Kier molecular flexibility index (Phi) is 5.35. The molecule has 18 heavy (non-hydrogen) atoms. The third kappa shape index (κ3) is 4.46. The van der Waals surface area contributed by atoms with E-state index in [2.05, 4.69) is 49.5 Å². The Hall–Kier alpha value is -0.240. The molecule has 0 bridgehead atoms. The van der Waals surface area contributed by atoms with Crippen molar-refractivity contribution in [2.45, 2.75) is 19.6 Å². The predicted molar refractivity (Wildman–Crippen MR) is 80.4 cm³/mol. The molecule has 0 aromatic carbocycles. The maximum atomic E-state index is 9.37. The first-order valence-electron chi connectivity index (χ1n) is 6.36. The van der Waals surface area contributed by atoms with Crippen LogP contribution in [0.15, 0.2) is 18.3 Å². The van der Waals surface area contributed by atoms with E-state index in [4.69, 9.17) is 0 Å². The number of halogens is 1. The third-order valence-electron chi connectivity index (χ3n) is 3.18. The molecule has 0 amide bonds. The SMILES string of the molecule is C[C@@H](O)CN1CCN(Cc2ccc(I)nc2)CC1. The molecular formula is C13H20IN3O. The first-order valence-corrected chi connectivity index (χ1v) is 7.44. The number of hydrogen-bond donors (Lipinski definition) is 1. The van der Waals surface area contributed by atoms with Crippen LogP contribution in [0.2, 0.25) is 0 Å². The second-order valence-corrected chi connectivity index (χ2v) is 6.02. The minimum Gasteiger partial charge on any atom is -0.392 e. The molecular weight excluding hydrogens is 341 g/mol. The molecule has 1 fully saturated rings. The lowest BCUT2D eigenvalue weighted by molar-refractivity contribution is 0.0780. The van der Waals surface area contributed by atoms with Gasteiger partial charge in [0.1, 0.15) is 3.70 Å². The predicted octanol–water partition coefficient (Wildman–Crippen LogP) is 1.18. The molecule has 2 rings (SSSR count). The first kappa shape index (κ1) is 14.2. The molecule has 1 aromatic rings. The van der Waals surface area contributed by atoms with Crippen molar-refractivity contribution in [2.75, 3.05) is 32.7 Å². The van der Waals surface area contributed by atoms with E-state index >= 15 is 0 Å². The largest absolute Gasteiger partial charge is 0.392 e. The second-order valence-electron chi connectivity index (χ2n) is 4.91. The summed E-state index contributed by atoms with van der Waals surface area (Å²) in [4.78, 5) is 9.09. The molecule has 1 N–H and O–H groups in total. The number of rotatable bonds is 4. The van der Waals surface area contributed by atoms with E-state index in [9.17, 15) is 5.11 Å². The Morgan fingerprint density at radius 1 is 1.28 bits per heavy atom. The van der Waals surface area contributed by atoms with Crippen molar-refractivity contribution in [3.8, 4) is 0 Å². The fraction of sp³-hybridized carbons (Fsp3) is 0.615. The quantitative estimate of drug-likeness (QED) is 0.646. The number of aliphatic hydroxyl groups excluding tert-OH is 1. The Labute approximate surface area is 122 Å². The highest BCUT2D eigenvalue weighted by Gasteiger charge is 2.17. The van der Waals surface area contributed by atoms with Gasteiger partial charge in [-0.25, -0.2) is 0 Å². The van der Waals surface area contributed by atoms with Gasteiger partial charge in [-0.1, -0.05) is 6.07 Å². The van der Waals surface area contributed by atoms with E-state index in [-0.39, 0.29) is 6.10 Å². The van der Waals surface area contributed by atoms with Crippen molar-refractivity contribution in [1.82, 2.24) is 14.8 Å². The van der Waals surface area contributed by atoms with Crippen LogP contribution in [0.1, 0.15) is 12.5 Å². The zero-order valence-corrected chi connectivity index (χ0v) is 12.9. The molecule has 1 atom stereocenters. The fourth-order valence-electron chi connectivity index (χ4n) is 2.26. The maximum Gasteiger partial charge on any atom is 0.101 e. The average Bonchev–Trinajstić information content (AvgIpc) is 2.34. The lowest BCUT2D eigenvalue weighted by Crippen LogP contribution is -2.47. The Balaban J connectivity index is 1.78. The molecule has 4 nitrogen and oxygen atoms in total. The number of pyridine rings is 1. The van der Waals surface area contributed by atoms with Crippen molar-refractivity contribution < 1.29 is 5.11 Å². The van der Waals surface area contributed by atoms with Gasteiger partial charge in [0.2, 0.25) is 0 Å². The van der Waals surface area contributed by atoms with E-state index in [0.717, 1.165) is 43.0 Å². The van der Waals surface area contributed by atoms with Crippen molar-refractivity contribution in [1.29, 1.82) is 0 Å². The van der Waals surface area contributed by atoms with Crippen molar-refractivity contribution >= 4 is 22.6 Å². The number of piperazine rings is 1. The van der Waals surface area contributed by atoms with Gasteiger partial charge >= 0.3 is 0 Å². The van der Waals surface area contributed by atoms with Crippen LogP contribution in [-0.4, -0.2) is 58.7 Å². The zero-order valence-electron chi connectivity index (χ0n) is 10.7. The molecule has 0 spiro atoms. The monoisotopic (exact) mass is 361 g/mol. The summed E-state index contributed by atoms with van der Waals surface area (Å²) in [5.74, 6) is 0. The van der Waals surface area contributed by atoms with Gasteiger partial charge in [0.25, 0.3) is 0 Å². The van der Waals surface area contributed by atoms with Gasteiger partial charge in [0.05, 0.1) is 6.10 Å². The van der Waals surface area contributed by atoms with Gasteiger partial charge in [-0.2, -0.15) is 0 Å². The molecule has 1 aliphatic heterocycles. The van der Waals surface area contributed by atoms with Crippen LogP contribution in [0, 0.1) is 3.70 Å². The summed E-state index contributed by atoms with van der Waals surface area (Å²) in [5.41, 5.74) is 1.28. The summed E-state index contributed by atoms with van der Waals surface area (Å²) >= 11 is 2.23. The molecule has 5 heteroatoms. The van der Waals surface area contributed by atoms with E-state index in [1.807, 2.05) is 13.1 Å². The molecule has 1 aliphatic rings. The Morgan fingerprint density at radius 3 is 2.50 bits per heavy atom. The van der Waals surface area contributed by atoms with Gasteiger partial charge in [-0.15, -0.1) is 0 Å². The van der Waals surface area contributed by atoms with E-state index in [1.54, 1.807) is 0 Å². The number of nitrogens with zero attached hydrogens (tertiary/aromatic N) is 3. The minimum absolute atomic E-state index is 0.225.